The molecule has 25 heavy (non-hydrogen) atoms. The normalized spacial score (nSPS) is 19.1. The Morgan fingerprint density at radius 2 is 1.68 bits per heavy atom. The summed E-state index contributed by atoms with van der Waals surface area (Å²) in [6, 6.07) is 19.0. The van der Waals surface area contributed by atoms with Crippen molar-refractivity contribution in [1.82, 2.24) is 4.90 Å². The van der Waals surface area contributed by atoms with Gasteiger partial charge in [0.1, 0.15) is 0 Å². The molecule has 0 aromatic heterocycles. The number of nitrogens with zero attached hydrogens (tertiary/aromatic N) is 1. The molecule has 1 amide bonds. The number of carbonyl (C=O) groups is 1. The maximum atomic E-state index is 12.8. The highest BCUT2D eigenvalue weighted by Crippen LogP contribution is 2.21. The van der Waals surface area contributed by atoms with Crippen LogP contribution in [0.15, 0.2) is 66.7 Å². The van der Waals surface area contributed by atoms with Crippen LogP contribution in [-0.2, 0) is 21.2 Å². The van der Waals surface area contributed by atoms with Gasteiger partial charge in [0, 0.05) is 18.7 Å². The molecule has 0 radical (unpaired) electrons. The molecule has 0 aliphatic carbocycles. The van der Waals surface area contributed by atoms with Crippen LogP contribution in [0.2, 0.25) is 0 Å². The van der Waals surface area contributed by atoms with E-state index in [1.807, 2.05) is 60.7 Å². The van der Waals surface area contributed by atoms with Crippen LogP contribution < -0.4 is 0 Å². The van der Waals surface area contributed by atoms with Gasteiger partial charge in [0.25, 0.3) is 0 Å². The quantitative estimate of drug-likeness (QED) is 0.775. The first-order valence-corrected chi connectivity index (χ1v) is 10.1. The monoisotopic (exact) mass is 355 g/mol. The lowest BCUT2D eigenvalue weighted by atomic mass is 10.1. The van der Waals surface area contributed by atoms with Crippen molar-refractivity contribution in [3.8, 4) is 0 Å². The van der Waals surface area contributed by atoms with Crippen LogP contribution in [-0.4, -0.2) is 36.8 Å². The molecule has 1 saturated heterocycles. The van der Waals surface area contributed by atoms with Crippen LogP contribution in [0.4, 0.5) is 0 Å². The third-order valence-corrected chi connectivity index (χ3v) is 6.10. The zero-order chi connectivity index (χ0) is 17.7. The van der Waals surface area contributed by atoms with E-state index in [2.05, 4.69) is 0 Å². The molecule has 130 valence electrons. The summed E-state index contributed by atoms with van der Waals surface area (Å²) in [6.45, 7) is 0.416. The van der Waals surface area contributed by atoms with Crippen molar-refractivity contribution in [2.24, 2.45) is 0 Å². The molecule has 1 fully saturated rings. The van der Waals surface area contributed by atoms with Crippen molar-refractivity contribution in [3.05, 3.63) is 77.9 Å². The van der Waals surface area contributed by atoms with Crippen LogP contribution in [0.3, 0.4) is 0 Å². The van der Waals surface area contributed by atoms with Gasteiger partial charge in [-0.3, -0.25) is 4.79 Å². The predicted octanol–water partition coefficient (Wildman–Crippen LogP) is 2.92. The predicted molar refractivity (Wildman–Crippen MR) is 99.5 cm³/mol. The van der Waals surface area contributed by atoms with Crippen molar-refractivity contribution in [1.29, 1.82) is 0 Å². The fraction of sp³-hybridized carbons (Fsp3) is 0.250. The molecule has 0 spiro atoms. The number of benzene rings is 2. The summed E-state index contributed by atoms with van der Waals surface area (Å²) in [5.74, 6) is 0.0402. The van der Waals surface area contributed by atoms with Crippen LogP contribution in [0.5, 0.6) is 0 Å². The topological polar surface area (TPSA) is 54.5 Å². The van der Waals surface area contributed by atoms with Gasteiger partial charge in [-0.2, -0.15) is 0 Å². The van der Waals surface area contributed by atoms with Gasteiger partial charge >= 0.3 is 0 Å². The molecule has 2 aromatic rings. The Hall–Kier alpha value is -2.40. The maximum absolute atomic E-state index is 12.8. The van der Waals surface area contributed by atoms with Crippen molar-refractivity contribution < 1.29 is 13.2 Å². The number of amides is 1. The summed E-state index contributed by atoms with van der Waals surface area (Å²) >= 11 is 0. The zero-order valence-electron chi connectivity index (χ0n) is 13.9. The third kappa shape index (κ3) is 4.79. The molecule has 1 atom stereocenters. The molecule has 0 bridgehead atoms. The fourth-order valence-corrected chi connectivity index (χ4v) is 4.75. The first kappa shape index (κ1) is 17.4. The lowest BCUT2D eigenvalue weighted by molar-refractivity contribution is -0.128. The number of hydrogen-bond donors (Lipinski definition) is 0. The van der Waals surface area contributed by atoms with Gasteiger partial charge in [0.05, 0.1) is 11.5 Å². The Bertz CT molecular complexity index is 845. The summed E-state index contributed by atoms with van der Waals surface area (Å²) in [5.41, 5.74) is 1.93. The first-order valence-electron chi connectivity index (χ1n) is 8.31. The Labute approximate surface area is 148 Å². The second-order valence-electron chi connectivity index (χ2n) is 6.25. The average molecular weight is 355 g/mol. The highest BCUT2D eigenvalue weighted by Gasteiger charge is 2.34. The molecule has 5 heteroatoms. The van der Waals surface area contributed by atoms with Crippen molar-refractivity contribution in [3.63, 3.8) is 0 Å². The Morgan fingerprint density at radius 3 is 2.28 bits per heavy atom. The molecular weight excluding hydrogens is 334 g/mol. The summed E-state index contributed by atoms with van der Waals surface area (Å²) < 4.78 is 23.7. The lowest BCUT2D eigenvalue weighted by Crippen LogP contribution is -2.39. The number of rotatable bonds is 5. The molecule has 2 aromatic carbocycles. The minimum absolute atomic E-state index is 0.0464. The minimum Gasteiger partial charge on any atom is -0.331 e. The van der Waals surface area contributed by atoms with E-state index in [9.17, 15) is 13.2 Å². The summed E-state index contributed by atoms with van der Waals surface area (Å²) in [7, 11) is -3.05. The van der Waals surface area contributed by atoms with Gasteiger partial charge < -0.3 is 4.90 Å². The largest absolute Gasteiger partial charge is 0.331 e. The fourth-order valence-electron chi connectivity index (χ4n) is 3.02. The SMILES string of the molecule is O=C(C=Cc1ccccc1)N(Cc1ccccc1)C1CCS(=O)(=O)C1. The molecule has 0 N–H and O–H groups in total. The summed E-state index contributed by atoms with van der Waals surface area (Å²) in [4.78, 5) is 14.4. The van der Waals surface area contributed by atoms with E-state index in [1.165, 1.54) is 6.08 Å². The van der Waals surface area contributed by atoms with Gasteiger partial charge in [0.2, 0.25) is 5.91 Å². The van der Waals surface area contributed by atoms with Gasteiger partial charge in [-0.1, -0.05) is 60.7 Å². The summed E-state index contributed by atoms with van der Waals surface area (Å²) in [6.07, 6.45) is 3.80. The van der Waals surface area contributed by atoms with Gasteiger partial charge in [-0.25, -0.2) is 8.42 Å². The van der Waals surface area contributed by atoms with E-state index in [0.717, 1.165) is 11.1 Å². The lowest BCUT2D eigenvalue weighted by Gasteiger charge is -2.27. The highest BCUT2D eigenvalue weighted by molar-refractivity contribution is 7.91. The number of carbonyl (C=O) groups excluding carboxylic acids is 1. The average Bonchev–Trinajstić information content (AvgIpc) is 2.99. The smallest absolute Gasteiger partial charge is 0.247 e. The second-order valence-corrected chi connectivity index (χ2v) is 8.48. The van der Waals surface area contributed by atoms with E-state index in [4.69, 9.17) is 0 Å². The van der Waals surface area contributed by atoms with E-state index >= 15 is 0 Å². The molecule has 1 aliphatic heterocycles. The maximum Gasteiger partial charge on any atom is 0.247 e. The van der Waals surface area contributed by atoms with Crippen molar-refractivity contribution >= 4 is 21.8 Å². The second kappa shape index (κ2) is 7.66. The van der Waals surface area contributed by atoms with E-state index in [-0.39, 0.29) is 23.5 Å². The first-order chi connectivity index (χ1) is 12.0. The third-order valence-electron chi connectivity index (χ3n) is 4.35. The number of hydrogen-bond acceptors (Lipinski definition) is 3. The zero-order valence-corrected chi connectivity index (χ0v) is 14.7. The molecule has 1 heterocycles. The molecule has 4 nitrogen and oxygen atoms in total. The number of sulfone groups is 1. The molecule has 1 unspecified atom stereocenters. The van der Waals surface area contributed by atoms with Crippen LogP contribution in [0.1, 0.15) is 17.5 Å². The van der Waals surface area contributed by atoms with Gasteiger partial charge in [0.15, 0.2) is 9.84 Å². The Balaban J connectivity index is 1.80. The van der Waals surface area contributed by atoms with E-state index < -0.39 is 9.84 Å². The van der Waals surface area contributed by atoms with E-state index in [1.54, 1.807) is 11.0 Å². The van der Waals surface area contributed by atoms with Crippen LogP contribution >= 0.6 is 0 Å². The highest BCUT2D eigenvalue weighted by atomic mass is 32.2. The standard InChI is InChI=1S/C20H21NO3S/c22-20(12-11-17-7-3-1-4-8-17)21(15-18-9-5-2-6-10-18)19-13-14-25(23,24)16-19/h1-12,19H,13-16H2. The van der Waals surface area contributed by atoms with Gasteiger partial charge in [-0.15, -0.1) is 0 Å². The Morgan fingerprint density at radius 1 is 1.04 bits per heavy atom. The minimum atomic E-state index is -3.05. The molecule has 0 saturated carbocycles. The molecule has 1 aliphatic rings. The van der Waals surface area contributed by atoms with Crippen molar-refractivity contribution in [2.45, 2.75) is 19.0 Å². The van der Waals surface area contributed by atoms with Gasteiger partial charge in [-0.05, 0) is 23.6 Å². The molecular formula is C20H21NO3S. The summed E-state index contributed by atoms with van der Waals surface area (Å²) in [5, 5.41) is 0. The van der Waals surface area contributed by atoms with E-state index in [0.29, 0.717) is 13.0 Å². The Kier molecular flexibility index (Phi) is 5.34. The van der Waals surface area contributed by atoms with Crippen LogP contribution in [0.25, 0.3) is 6.08 Å². The van der Waals surface area contributed by atoms with Crippen molar-refractivity contribution in [2.75, 3.05) is 11.5 Å². The molecule has 3 rings (SSSR count). The van der Waals surface area contributed by atoms with Crippen LogP contribution in [0, 0.1) is 0 Å².